The van der Waals surface area contributed by atoms with Crippen LogP contribution in [0, 0.1) is 13.8 Å². The maximum atomic E-state index is 12.7. The number of hydrogen-bond acceptors (Lipinski definition) is 6. The zero-order chi connectivity index (χ0) is 19.9. The fraction of sp³-hybridized carbons (Fsp3) is 0.211. The lowest BCUT2D eigenvalue weighted by molar-refractivity contribution is -0.137. The summed E-state index contributed by atoms with van der Waals surface area (Å²) in [5.74, 6) is 1.26. The molecule has 3 aromatic heterocycles. The Balaban J connectivity index is 1.52. The molecule has 3 heterocycles. The number of nitrogens with zero attached hydrogens (tertiary/aromatic N) is 3. The molecule has 1 aromatic carbocycles. The van der Waals surface area contributed by atoms with Crippen LogP contribution in [0.3, 0.4) is 0 Å². The second kappa shape index (κ2) is 6.90. The molecular weight excluding hydrogens is 389 g/mol. The lowest BCUT2D eigenvalue weighted by Gasteiger charge is -2.06. The van der Waals surface area contributed by atoms with Gasteiger partial charge >= 0.3 is 6.18 Å². The lowest BCUT2D eigenvalue weighted by Crippen LogP contribution is -2.03. The van der Waals surface area contributed by atoms with Crippen molar-refractivity contribution >= 4 is 27.4 Å². The van der Waals surface area contributed by atoms with Crippen molar-refractivity contribution in [3.63, 3.8) is 0 Å². The Kier molecular flexibility index (Phi) is 4.54. The molecule has 1 N–H and O–H groups in total. The van der Waals surface area contributed by atoms with Gasteiger partial charge in [-0.3, -0.25) is 0 Å². The molecule has 0 bridgehead atoms. The lowest BCUT2D eigenvalue weighted by atomic mass is 10.1. The van der Waals surface area contributed by atoms with Crippen molar-refractivity contribution in [3.8, 4) is 11.3 Å². The van der Waals surface area contributed by atoms with Gasteiger partial charge in [-0.2, -0.15) is 13.2 Å². The standard InChI is InChI=1S/C19H15F3N4OS/c1-10-11(2)28-18-16(10)17(24-9-25-18)23-8-14-7-15(26-27-14)12-3-5-13(6-4-12)19(20,21)22/h3-7,9H,8H2,1-2H3,(H,23,24,25). The van der Waals surface area contributed by atoms with Gasteiger partial charge in [0.05, 0.1) is 17.5 Å². The molecule has 4 rings (SSSR count). The Labute approximate surface area is 162 Å². The van der Waals surface area contributed by atoms with Gasteiger partial charge in [0.2, 0.25) is 0 Å². The minimum absolute atomic E-state index is 0.341. The van der Waals surface area contributed by atoms with Crippen LogP contribution in [0.4, 0.5) is 19.0 Å². The van der Waals surface area contributed by atoms with Gasteiger partial charge in [-0.1, -0.05) is 17.3 Å². The number of aromatic nitrogens is 3. The SMILES string of the molecule is Cc1sc2ncnc(NCc3cc(-c4ccc(C(F)(F)F)cc4)no3)c2c1C. The van der Waals surface area contributed by atoms with Crippen LogP contribution < -0.4 is 5.32 Å². The molecule has 5 nitrogen and oxygen atoms in total. The molecule has 0 aliphatic rings. The zero-order valence-electron chi connectivity index (χ0n) is 15.0. The van der Waals surface area contributed by atoms with Gasteiger partial charge in [-0.05, 0) is 31.5 Å². The number of benzene rings is 1. The molecule has 0 aliphatic carbocycles. The third-order valence-electron chi connectivity index (χ3n) is 4.46. The summed E-state index contributed by atoms with van der Waals surface area (Å²) in [7, 11) is 0. The number of aryl methyl sites for hydroxylation is 2. The van der Waals surface area contributed by atoms with Gasteiger partial charge < -0.3 is 9.84 Å². The Hall–Kier alpha value is -2.94. The molecule has 9 heteroatoms. The molecule has 0 atom stereocenters. The average Bonchev–Trinajstić information content (AvgIpc) is 3.25. The topological polar surface area (TPSA) is 63.8 Å². The van der Waals surface area contributed by atoms with Gasteiger partial charge in [0.15, 0.2) is 5.76 Å². The zero-order valence-corrected chi connectivity index (χ0v) is 15.8. The molecule has 0 fully saturated rings. The van der Waals surface area contributed by atoms with Gasteiger partial charge in [0.25, 0.3) is 0 Å². The smallest absolute Gasteiger partial charge is 0.362 e. The average molecular weight is 404 g/mol. The number of anilines is 1. The fourth-order valence-corrected chi connectivity index (χ4v) is 3.85. The minimum atomic E-state index is -4.36. The minimum Gasteiger partial charge on any atom is -0.362 e. The van der Waals surface area contributed by atoms with E-state index in [-0.39, 0.29) is 0 Å². The number of thiophene rings is 1. The molecule has 4 aromatic rings. The van der Waals surface area contributed by atoms with Crippen molar-refractivity contribution in [1.29, 1.82) is 0 Å². The summed E-state index contributed by atoms with van der Waals surface area (Å²) in [4.78, 5) is 10.7. The number of rotatable bonds is 4. The summed E-state index contributed by atoms with van der Waals surface area (Å²) in [6, 6.07) is 6.51. The third kappa shape index (κ3) is 3.45. The summed E-state index contributed by atoms with van der Waals surface area (Å²) in [6.45, 7) is 4.41. The Morgan fingerprint density at radius 3 is 2.57 bits per heavy atom. The van der Waals surface area contributed by atoms with Crippen LogP contribution >= 0.6 is 11.3 Å². The van der Waals surface area contributed by atoms with E-state index in [4.69, 9.17) is 4.52 Å². The molecule has 0 unspecified atom stereocenters. The highest BCUT2D eigenvalue weighted by Gasteiger charge is 2.30. The fourth-order valence-electron chi connectivity index (χ4n) is 2.85. The van der Waals surface area contributed by atoms with E-state index in [0.717, 1.165) is 27.9 Å². The predicted octanol–water partition coefficient (Wildman–Crippen LogP) is 5.59. The Bertz CT molecular complexity index is 1130. The van der Waals surface area contributed by atoms with Crippen molar-refractivity contribution in [2.75, 3.05) is 5.32 Å². The number of nitrogens with one attached hydrogen (secondary N) is 1. The molecule has 0 spiro atoms. The molecule has 28 heavy (non-hydrogen) atoms. The molecule has 0 radical (unpaired) electrons. The summed E-state index contributed by atoms with van der Waals surface area (Å²) in [5, 5.41) is 8.15. The Morgan fingerprint density at radius 1 is 1.11 bits per heavy atom. The van der Waals surface area contributed by atoms with Crippen LogP contribution in [0.2, 0.25) is 0 Å². The van der Waals surface area contributed by atoms with Crippen molar-refractivity contribution < 1.29 is 17.7 Å². The number of alkyl halides is 3. The van der Waals surface area contributed by atoms with E-state index in [0.29, 0.717) is 29.4 Å². The molecule has 0 saturated heterocycles. The number of halogens is 3. The molecule has 0 aliphatic heterocycles. The summed E-state index contributed by atoms with van der Waals surface area (Å²) in [6.07, 6.45) is -2.85. The number of hydrogen-bond donors (Lipinski definition) is 1. The number of fused-ring (bicyclic) bond motifs is 1. The maximum Gasteiger partial charge on any atom is 0.416 e. The van der Waals surface area contributed by atoms with Crippen molar-refractivity contribution in [2.24, 2.45) is 0 Å². The molecule has 144 valence electrons. The van der Waals surface area contributed by atoms with Crippen LogP contribution in [0.1, 0.15) is 21.8 Å². The highest BCUT2D eigenvalue weighted by Crippen LogP contribution is 2.33. The van der Waals surface area contributed by atoms with E-state index in [1.807, 2.05) is 13.8 Å². The van der Waals surface area contributed by atoms with Crippen molar-refractivity contribution in [1.82, 2.24) is 15.1 Å². The first-order chi connectivity index (χ1) is 13.3. The van der Waals surface area contributed by atoms with Gasteiger partial charge in [0, 0.05) is 16.5 Å². The first-order valence-corrected chi connectivity index (χ1v) is 9.22. The van der Waals surface area contributed by atoms with Crippen LogP contribution in [-0.2, 0) is 12.7 Å². The van der Waals surface area contributed by atoms with Crippen LogP contribution in [0.25, 0.3) is 21.5 Å². The summed E-state index contributed by atoms with van der Waals surface area (Å²) >= 11 is 1.61. The second-order valence-electron chi connectivity index (χ2n) is 6.29. The second-order valence-corrected chi connectivity index (χ2v) is 7.50. The highest BCUT2D eigenvalue weighted by atomic mass is 32.1. The quantitative estimate of drug-likeness (QED) is 0.480. The first kappa shape index (κ1) is 18.4. The normalized spacial score (nSPS) is 11.9. The van der Waals surface area contributed by atoms with Crippen LogP contribution in [0.5, 0.6) is 0 Å². The molecular formula is C19H15F3N4OS. The summed E-state index contributed by atoms with van der Waals surface area (Å²) < 4.78 is 43.3. The largest absolute Gasteiger partial charge is 0.416 e. The van der Waals surface area contributed by atoms with E-state index in [9.17, 15) is 13.2 Å². The van der Waals surface area contributed by atoms with E-state index in [2.05, 4.69) is 20.4 Å². The molecule has 0 amide bonds. The molecule has 0 saturated carbocycles. The Morgan fingerprint density at radius 2 is 1.86 bits per heavy atom. The third-order valence-corrected chi connectivity index (χ3v) is 5.58. The van der Waals surface area contributed by atoms with Crippen LogP contribution in [-0.4, -0.2) is 15.1 Å². The van der Waals surface area contributed by atoms with E-state index in [1.54, 1.807) is 17.4 Å². The first-order valence-electron chi connectivity index (χ1n) is 8.40. The monoisotopic (exact) mass is 404 g/mol. The van der Waals surface area contributed by atoms with Gasteiger partial charge in [0.1, 0.15) is 22.7 Å². The highest BCUT2D eigenvalue weighted by molar-refractivity contribution is 7.18. The maximum absolute atomic E-state index is 12.7. The van der Waals surface area contributed by atoms with E-state index in [1.165, 1.54) is 23.3 Å². The predicted molar refractivity (Wildman–Crippen MR) is 101 cm³/mol. The van der Waals surface area contributed by atoms with Gasteiger partial charge in [-0.15, -0.1) is 11.3 Å². The van der Waals surface area contributed by atoms with Crippen molar-refractivity contribution in [2.45, 2.75) is 26.6 Å². The van der Waals surface area contributed by atoms with Crippen molar-refractivity contribution in [3.05, 3.63) is 58.4 Å². The van der Waals surface area contributed by atoms with Gasteiger partial charge in [-0.25, -0.2) is 9.97 Å². The van der Waals surface area contributed by atoms with E-state index >= 15 is 0 Å². The van der Waals surface area contributed by atoms with E-state index < -0.39 is 11.7 Å². The summed E-state index contributed by atoms with van der Waals surface area (Å²) in [5.41, 5.74) is 1.46. The van der Waals surface area contributed by atoms with Crippen LogP contribution in [0.15, 0.2) is 41.2 Å².